The fourth-order valence-electron chi connectivity index (χ4n) is 1.80. The van der Waals surface area contributed by atoms with E-state index in [1.165, 1.54) is 7.11 Å². The van der Waals surface area contributed by atoms with Crippen molar-refractivity contribution in [3.05, 3.63) is 23.8 Å². The molecule has 1 aromatic carbocycles. The van der Waals surface area contributed by atoms with Crippen molar-refractivity contribution in [2.45, 2.75) is 32.7 Å². The van der Waals surface area contributed by atoms with Gasteiger partial charge in [-0.15, -0.1) is 0 Å². The first-order valence-corrected chi connectivity index (χ1v) is 6.19. The summed E-state index contributed by atoms with van der Waals surface area (Å²) < 4.78 is 5.16. The van der Waals surface area contributed by atoms with Crippen LogP contribution in [0.4, 0.5) is 10.5 Å². The van der Waals surface area contributed by atoms with Gasteiger partial charge < -0.3 is 20.5 Å². The number of carboxylic acids is 1. The second-order valence-corrected chi connectivity index (χ2v) is 5.24. The Hall–Kier alpha value is -2.24. The van der Waals surface area contributed by atoms with E-state index in [1.54, 1.807) is 26.0 Å². The van der Waals surface area contributed by atoms with Crippen molar-refractivity contribution in [3.63, 3.8) is 0 Å². The predicted molar refractivity (Wildman–Crippen MR) is 76.2 cm³/mol. The molecule has 1 aromatic rings. The Labute approximate surface area is 118 Å². The average molecular weight is 280 g/mol. The predicted octanol–water partition coefficient (Wildman–Crippen LogP) is 2.38. The molecule has 0 bridgehead atoms. The second-order valence-electron chi connectivity index (χ2n) is 5.24. The van der Waals surface area contributed by atoms with Gasteiger partial charge in [-0.2, -0.15) is 0 Å². The van der Waals surface area contributed by atoms with Gasteiger partial charge in [-0.1, -0.05) is 6.07 Å². The minimum atomic E-state index is -0.969. The standard InChI is InChI=1S/C14H20N2O4/c1-9-5-6-11(20-4)10(7-9)15-13(19)16-14(2,3)8-12(17)18/h5-7H,8H2,1-4H3,(H,17,18)(H2,15,16,19). The Morgan fingerprint density at radius 2 is 2.00 bits per heavy atom. The highest BCUT2D eigenvalue weighted by molar-refractivity contribution is 5.91. The van der Waals surface area contributed by atoms with E-state index in [0.29, 0.717) is 11.4 Å². The maximum absolute atomic E-state index is 11.9. The van der Waals surface area contributed by atoms with Gasteiger partial charge in [0.15, 0.2) is 0 Å². The van der Waals surface area contributed by atoms with Gasteiger partial charge in [0.2, 0.25) is 0 Å². The number of carboxylic acid groups (broad SMARTS) is 1. The third-order valence-corrected chi connectivity index (χ3v) is 2.65. The number of amides is 2. The summed E-state index contributed by atoms with van der Waals surface area (Å²) in [6, 6.07) is 4.94. The van der Waals surface area contributed by atoms with Crippen LogP contribution >= 0.6 is 0 Å². The van der Waals surface area contributed by atoms with Crippen LogP contribution in [-0.4, -0.2) is 29.8 Å². The van der Waals surface area contributed by atoms with Gasteiger partial charge in [0, 0.05) is 5.54 Å². The number of aryl methyl sites for hydroxylation is 1. The molecule has 6 heteroatoms. The summed E-state index contributed by atoms with van der Waals surface area (Å²) in [6.45, 7) is 5.19. The molecule has 20 heavy (non-hydrogen) atoms. The van der Waals surface area contributed by atoms with Gasteiger partial charge in [0.1, 0.15) is 5.75 Å². The van der Waals surface area contributed by atoms with E-state index in [1.807, 2.05) is 13.0 Å². The van der Waals surface area contributed by atoms with Gasteiger partial charge in [-0.25, -0.2) is 4.79 Å². The summed E-state index contributed by atoms with van der Waals surface area (Å²) in [5.74, 6) is -0.426. The third-order valence-electron chi connectivity index (χ3n) is 2.65. The molecule has 1 rings (SSSR count). The molecule has 0 saturated carbocycles. The average Bonchev–Trinajstić information content (AvgIpc) is 2.26. The van der Waals surface area contributed by atoms with E-state index in [4.69, 9.17) is 9.84 Å². The van der Waals surface area contributed by atoms with Gasteiger partial charge >= 0.3 is 12.0 Å². The maximum atomic E-state index is 11.9. The van der Waals surface area contributed by atoms with E-state index in [-0.39, 0.29) is 6.42 Å². The SMILES string of the molecule is COc1ccc(C)cc1NC(=O)NC(C)(C)CC(=O)O. The van der Waals surface area contributed by atoms with Crippen LogP contribution in [0.25, 0.3) is 0 Å². The molecule has 0 radical (unpaired) electrons. The molecule has 0 saturated heterocycles. The quantitative estimate of drug-likeness (QED) is 0.772. The van der Waals surface area contributed by atoms with Crippen molar-refractivity contribution in [2.75, 3.05) is 12.4 Å². The van der Waals surface area contributed by atoms with E-state index in [0.717, 1.165) is 5.56 Å². The molecule has 0 atom stereocenters. The van der Waals surface area contributed by atoms with Crippen LogP contribution in [0.5, 0.6) is 5.75 Å². The summed E-state index contributed by atoms with van der Waals surface area (Å²) in [5, 5.41) is 14.1. The van der Waals surface area contributed by atoms with E-state index < -0.39 is 17.5 Å². The molecular formula is C14H20N2O4. The van der Waals surface area contributed by atoms with Crippen molar-refractivity contribution in [1.82, 2.24) is 5.32 Å². The summed E-state index contributed by atoms with van der Waals surface area (Å²) in [6.07, 6.45) is -0.161. The molecule has 0 aliphatic heterocycles. The Morgan fingerprint density at radius 3 is 2.55 bits per heavy atom. The normalized spacial score (nSPS) is 10.8. The van der Waals surface area contributed by atoms with Crippen LogP contribution in [0, 0.1) is 6.92 Å². The largest absolute Gasteiger partial charge is 0.495 e. The fraction of sp³-hybridized carbons (Fsp3) is 0.429. The van der Waals surface area contributed by atoms with Gasteiger partial charge in [-0.05, 0) is 38.5 Å². The van der Waals surface area contributed by atoms with E-state index in [9.17, 15) is 9.59 Å². The molecule has 110 valence electrons. The number of carbonyl (C=O) groups is 2. The highest BCUT2D eigenvalue weighted by atomic mass is 16.5. The number of rotatable bonds is 5. The second kappa shape index (κ2) is 6.27. The molecule has 0 heterocycles. The Morgan fingerprint density at radius 1 is 1.35 bits per heavy atom. The number of urea groups is 1. The monoisotopic (exact) mass is 280 g/mol. The van der Waals surface area contributed by atoms with Crippen LogP contribution in [-0.2, 0) is 4.79 Å². The number of ether oxygens (including phenoxy) is 1. The topological polar surface area (TPSA) is 87.7 Å². The molecule has 0 fully saturated rings. The van der Waals surface area contributed by atoms with E-state index >= 15 is 0 Å². The molecule has 0 aliphatic carbocycles. The molecule has 0 aromatic heterocycles. The first-order valence-electron chi connectivity index (χ1n) is 6.19. The number of benzene rings is 1. The first kappa shape index (κ1) is 15.8. The van der Waals surface area contributed by atoms with Crippen LogP contribution in [0.2, 0.25) is 0 Å². The van der Waals surface area contributed by atoms with Crippen molar-refractivity contribution >= 4 is 17.7 Å². The van der Waals surface area contributed by atoms with Gasteiger partial charge in [0.25, 0.3) is 0 Å². The highest BCUT2D eigenvalue weighted by Gasteiger charge is 2.24. The fourth-order valence-corrected chi connectivity index (χ4v) is 1.80. The number of nitrogens with one attached hydrogen (secondary N) is 2. The lowest BCUT2D eigenvalue weighted by Gasteiger charge is -2.24. The number of methoxy groups -OCH3 is 1. The summed E-state index contributed by atoms with van der Waals surface area (Å²) in [5.41, 5.74) is 0.675. The van der Waals surface area contributed by atoms with Crippen molar-refractivity contribution in [3.8, 4) is 5.75 Å². The third kappa shape index (κ3) is 4.79. The molecule has 0 spiro atoms. The van der Waals surface area contributed by atoms with Gasteiger partial charge in [-0.3, -0.25) is 4.79 Å². The lowest BCUT2D eigenvalue weighted by Crippen LogP contribution is -2.46. The zero-order valence-corrected chi connectivity index (χ0v) is 12.1. The first-order chi connectivity index (χ1) is 9.23. The summed E-state index contributed by atoms with van der Waals surface area (Å²) >= 11 is 0. The zero-order valence-electron chi connectivity index (χ0n) is 12.1. The zero-order chi connectivity index (χ0) is 15.3. The lowest BCUT2D eigenvalue weighted by atomic mass is 10.0. The summed E-state index contributed by atoms with van der Waals surface area (Å²) in [7, 11) is 1.52. The Kier molecular flexibility index (Phi) is 4.96. The number of carbonyl (C=O) groups excluding carboxylic acids is 1. The van der Waals surface area contributed by atoms with Gasteiger partial charge in [0.05, 0.1) is 19.2 Å². The molecule has 2 amide bonds. The minimum absolute atomic E-state index is 0.161. The van der Waals surface area contributed by atoms with Crippen LogP contribution in [0.3, 0.4) is 0 Å². The van der Waals surface area contributed by atoms with Crippen LogP contribution < -0.4 is 15.4 Å². The minimum Gasteiger partial charge on any atom is -0.495 e. The Balaban J connectivity index is 2.76. The number of hydrogen-bond acceptors (Lipinski definition) is 3. The summed E-state index contributed by atoms with van der Waals surface area (Å²) in [4.78, 5) is 22.6. The van der Waals surface area contributed by atoms with Crippen molar-refractivity contribution < 1.29 is 19.4 Å². The molecule has 6 nitrogen and oxygen atoms in total. The van der Waals surface area contributed by atoms with E-state index in [2.05, 4.69) is 10.6 Å². The number of hydrogen-bond donors (Lipinski definition) is 3. The van der Waals surface area contributed by atoms with Crippen molar-refractivity contribution in [1.29, 1.82) is 0 Å². The molecular weight excluding hydrogens is 260 g/mol. The molecule has 0 aliphatic rings. The van der Waals surface area contributed by atoms with Crippen LogP contribution in [0.15, 0.2) is 18.2 Å². The highest BCUT2D eigenvalue weighted by Crippen LogP contribution is 2.25. The number of anilines is 1. The number of aliphatic carboxylic acids is 1. The smallest absolute Gasteiger partial charge is 0.319 e. The maximum Gasteiger partial charge on any atom is 0.319 e. The molecule has 3 N–H and O–H groups in total. The van der Waals surface area contributed by atoms with Crippen molar-refractivity contribution in [2.24, 2.45) is 0 Å². The molecule has 0 unspecified atom stereocenters. The Bertz CT molecular complexity index is 512. The van der Waals surface area contributed by atoms with Crippen LogP contribution in [0.1, 0.15) is 25.8 Å². The lowest BCUT2D eigenvalue weighted by molar-refractivity contribution is -0.138.